The summed E-state index contributed by atoms with van der Waals surface area (Å²) in [4.78, 5) is 0. The highest BCUT2D eigenvalue weighted by Crippen LogP contribution is 2.25. The topological polar surface area (TPSA) is 66.2 Å². The molecule has 3 nitrogen and oxygen atoms in total. The van der Waals surface area contributed by atoms with Crippen molar-refractivity contribution >= 4 is 11.3 Å². The van der Waals surface area contributed by atoms with Crippen LogP contribution in [0, 0.1) is 0 Å². The van der Waals surface area contributed by atoms with Crippen LogP contribution in [0.5, 0.6) is 0 Å². The van der Waals surface area contributed by atoms with E-state index in [0.717, 1.165) is 0 Å². The van der Waals surface area contributed by atoms with Gasteiger partial charge in [-0.3, -0.25) is 9.35 Å². The fourth-order valence-electron chi connectivity index (χ4n) is 1.09. The molecule has 1 unspecified atom stereocenters. The molecule has 1 atom stereocenters. The first-order valence-electron chi connectivity index (χ1n) is 4.79. The van der Waals surface area contributed by atoms with Crippen LogP contribution in [0.2, 0.25) is 0 Å². The van der Waals surface area contributed by atoms with E-state index in [1.807, 2.05) is 0 Å². The van der Waals surface area contributed by atoms with Gasteiger partial charge in [0.2, 0.25) is 0 Å². The van der Waals surface area contributed by atoms with Crippen molar-refractivity contribution < 1.29 is 8.76 Å². The molecular weight excluding hydrogens is 210 g/mol. The number of hydrogen-bond acceptors (Lipinski definition) is 2. The van der Waals surface area contributed by atoms with Crippen LogP contribution < -0.4 is 5.14 Å². The van der Waals surface area contributed by atoms with Crippen LogP contribution >= 0.6 is 0 Å². The van der Waals surface area contributed by atoms with E-state index in [2.05, 4.69) is 56.2 Å². The average molecular weight is 228 g/mol. The van der Waals surface area contributed by atoms with Gasteiger partial charge in [0.05, 0.1) is 0 Å². The van der Waals surface area contributed by atoms with Gasteiger partial charge >= 0.3 is 0 Å². The molecule has 0 aromatic heterocycles. The molecule has 0 fully saturated rings. The van der Waals surface area contributed by atoms with E-state index in [1.54, 1.807) is 0 Å². The van der Waals surface area contributed by atoms with Crippen LogP contribution in [0.4, 0.5) is 0 Å². The van der Waals surface area contributed by atoms with Crippen molar-refractivity contribution in [3.63, 3.8) is 0 Å². The molecule has 1 aromatic rings. The highest BCUT2D eigenvalue weighted by molar-refractivity contribution is 7.76. The second kappa shape index (κ2) is 6.71. The van der Waals surface area contributed by atoms with Crippen LogP contribution in [-0.2, 0) is 16.7 Å². The molecule has 0 aliphatic rings. The zero-order chi connectivity index (χ0) is 11.9. The molecule has 2 N–H and O–H groups in total. The summed E-state index contributed by atoms with van der Waals surface area (Å²) in [5.74, 6) is 0. The summed E-state index contributed by atoms with van der Waals surface area (Å²) in [6, 6.07) is 10.7. The standard InChI is InChI=1S/C11H16.H3NO2S/c1-4-11(2,3)10-8-6-5-7-9-10;1-4(2)3/h5-9H,4H2,1-3H3;1H2,(H,2,3)/p-1. The van der Waals surface area contributed by atoms with Crippen molar-refractivity contribution in [2.24, 2.45) is 5.14 Å². The van der Waals surface area contributed by atoms with Crippen LogP contribution in [0.1, 0.15) is 32.8 Å². The van der Waals surface area contributed by atoms with E-state index in [-0.39, 0.29) is 0 Å². The van der Waals surface area contributed by atoms with Crippen LogP contribution in [0.3, 0.4) is 0 Å². The Kier molecular flexibility index (Phi) is 6.40. The summed E-state index contributed by atoms with van der Waals surface area (Å²) in [5, 5.41) is 4.03. The monoisotopic (exact) mass is 228 g/mol. The lowest BCUT2D eigenvalue weighted by Crippen LogP contribution is -2.14. The lowest BCUT2D eigenvalue weighted by atomic mass is 9.82. The summed E-state index contributed by atoms with van der Waals surface area (Å²) in [5.41, 5.74) is 1.77. The van der Waals surface area contributed by atoms with Gasteiger partial charge in [-0.15, -0.1) is 0 Å². The molecule has 0 bridgehead atoms. The molecular formula is C11H18NO2S-. The molecule has 0 spiro atoms. The lowest BCUT2D eigenvalue weighted by molar-refractivity contribution is 0.506. The van der Waals surface area contributed by atoms with E-state index in [9.17, 15) is 0 Å². The number of benzene rings is 1. The largest absolute Gasteiger partial charge is 0.760 e. The molecule has 4 heteroatoms. The predicted octanol–water partition coefficient (Wildman–Crippen LogP) is 2.11. The Balaban J connectivity index is 0.000000423. The Labute approximate surface area is 94.1 Å². The normalized spacial score (nSPS) is 12.6. The third-order valence-electron chi connectivity index (χ3n) is 2.44. The van der Waals surface area contributed by atoms with Crippen LogP contribution in [0.15, 0.2) is 30.3 Å². The second-order valence-electron chi connectivity index (χ2n) is 3.86. The van der Waals surface area contributed by atoms with Crippen molar-refractivity contribution in [3.05, 3.63) is 35.9 Å². The zero-order valence-corrected chi connectivity index (χ0v) is 10.2. The molecule has 0 amide bonds. The van der Waals surface area contributed by atoms with E-state index < -0.39 is 11.3 Å². The Morgan fingerprint density at radius 3 is 2.07 bits per heavy atom. The Morgan fingerprint density at radius 1 is 1.33 bits per heavy atom. The van der Waals surface area contributed by atoms with Crippen LogP contribution in [-0.4, -0.2) is 8.76 Å². The predicted molar refractivity (Wildman–Crippen MR) is 62.9 cm³/mol. The second-order valence-corrected chi connectivity index (χ2v) is 4.38. The fraction of sp³-hybridized carbons (Fsp3) is 0.455. The van der Waals surface area contributed by atoms with Gasteiger partial charge in [0.15, 0.2) is 0 Å². The third kappa shape index (κ3) is 6.38. The first-order valence-corrected chi connectivity index (χ1v) is 5.93. The van der Waals surface area contributed by atoms with Gasteiger partial charge in [0.1, 0.15) is 0 Å². The molecule has 15 heavy (non-hydrogen) atoms. The third-order valence-corrected chi connectivity index (χ3v) is 2.44. The summed E-state index contributed by atoms with van der Waals surface area (Å²) in [6.45, 7) is 6.79. The maximum atomic E-state index is 8.78. The summed E-state index contributed by atoms with van der Waals surface area (Å²) < 4.78 is 17.6. The van der Waals surface area contributed by atoms with Gasteiger partial charge in [-0.2, -0.15) is 0 Å². The van der Waals surface area contributed by atoms with Crippen molar-refractivity contribution in [2.45, 2.75) is 32.6 Å². The molecule has 86 valence electrons. The summed E-state index contributed by atoms with van der Waals surface area (Å²) in [6.07, 6.45) is 1.19. The quantitative estimate of drug-likeness (QED) is 0.788. The van der Waals surface area contributed by atoms with E-state index in [1.165, 1.54) is 12.0 Å². The molecule has 0 aliphatic carbocycles. The van der Waals surface area contributed by atoms with Crippen molar-refractivity contribution in [2.75, 3.05) is 0 Å². The van der Waals surface area contributed by atoms with Gasteiger partial charge in [-0.1, -0.05) is 51.1 Å². The highest BCUT2D eigenvalue weighted by atomic mass is 32.2. The molecule has 0 heterocycles. The Bertz CT molecular complexity index is 295. The van der Waals surface area contributed by atoms with E-state index in [4.69, 9.17) is 8.76 Å². The van der Waals surface area contributed by atoms with Gasteiger partial charge in [-0.05, 0) is 17.4 Å². The number of nitrogens with two attached hydrogens (primary N) is 1. The highest BCUT2D eigenvalue weighted by Gasteiger charge is 2.16. The maximum Gasteiger partial charge on any atom is 0.0152 e. The van der Waals surface area contributed by atoms with Gasteiger partial charge < -0.3 is 4.55 Å². The smallest absolute Gasteiger partial charge is 0.0152 e. The lowest BCUT2D eigenvalue weighted by Gasteiger charge is -2.22. The molecule has 0 saturated carbocycles. The minimum absolute atomic E-state index is 0.335. The maximum absolute atomic E-state index is 8.78. The number of rotatable bonds is 2. The fourth-order valence-corrected chi connectivity index (χ4v) is 1.09. The zero-order valence-electron chi connectivity index (χ0n) is 9.40. The van der Waals surface area contributed by atoms with Crippen LogP contribution in [0.25, 0.3) is 0 Å². The van der Waals surface area contributed by atoms with Gasteiger partial charge in [-0.25, -0.2) is 0 Å². The number of hydrogen-bond donors (Lipinski definition) is 1. The first kappa shape index (κ1) is 14.3. The molecule has 0 radical (unpaired) electrons. The summed E-state index contributed by atoms with van der Waals surface area (Å²) in [7, 11) is 0. The van der Waals surface area contributed by atoms with E-state index >= 15 is 0 Å². The van der Waals surface area contributed by atoms with Crippen molar-refractivity contribution in [1.82, 2.24) is 0 Å². The van der Waals surface area contributed by atoms with Gasteiger partial charge in [0, 0.05) is 11.3 Å². The van der Waals surface area contributed by atoms with Gasteiger partial charge in [0.25, 0.3) is 0 Å². The van der Waals surface area contributed by atoms with Crippen molar-refractivity contribution in [3.8, 4) is 0 Å². The Hall–Kier alpha value is -0.710. The molecule has 0 saturated heterocycles. The van der Waals surface area contributed by atoms with Crippen molar-refractivity contribution in [1.29, 1.82) is 0 Å². The first-order chi connectivity index (χ1) is 6.90. The Morgan fingerprint density at radius 2 is 1.73 bits per heavy atom. The molecule has 0 aliphatic heterocycles. The minimum Gasteiger partial charge on any atom is -0.760 e. The molecule has 1 aromatic carbocycles. The minimum atomic E-state index is -2.36. The summed E-state index contributed by atoms with van der Waals surface area (Å²) >= 11 is -2.36. The van der Waals surface area contributed by atoms with E-state index in [0.29, 0.717) is 5.41 Å². The molecule has 1 rings (SSSR count). The SMILES string of the molecule is CCC(C)(C)c1ccccc1.NS(=O)[O-]. The average Bonchev–Trinajstić information content (AvgIpc) is 2.18.